The molecule has 0 saturated heterocycles. The number of hydrogen-bond donors (Lipinski definition) is 1. The standard InChI is InChI=1S/C12H15BrFNO/c1-12(2,15-3)11(16)7-8-6-9(14)4-5-10(8)13/h4-6,15H,7H2,1-3H3. The molecule has 4 heteroatoms. The Balaban J connectivity index is 2.89. The lowest BCUT2D eigenvalue weighted by Gasteiger charge is -2.22. The molecule has 0 saturated carbocycles. The van der Waals surface area contributed by atoms with Crippen LogP contribution in [0.1, 0.15) is 19.4 Å². The lowest BCUT2D eigenvalue weighted by atomic mass is 9.94. The van der Waals surface area contributed by atoms with E-state index in [0.29, 0.717) is 5.56 Å². The highest BCUT2D eigenvalue weighted by Gasteiger charge is 2.25. The van der Waals surface area contributed by atoms with E-state index in [2.05, 4.69) is 21.2 Å². The van der Waals surface area contributed by atoms with Gasteiger partial charge in [-0.3, -0.25) is 4.79 Å². The second kappa shape index (κ2) is 5.06. The molecule has 0 unspecified atom stereocenters. The van der Waals surface area contributed by atoms with Gasteiger partial charge < -0.3 is 5.32 Å². The van der Waals surface area contributed by atoms with Gasteiger partial charge in [0.05, 0.1) is 5.54 Å². The van der Waals surface area contributed by atoms with E-state index in [1.165, 1.54) is 12.1 Å². The third kappa shape index (κ3) is 3.12. The molecule has 0 aliphatic rings. The molecule has 1 aromatic rings. The molecule has 0 aliphatic carbocycles. The number of ketones is 1. The molecule has 1 aromatic carbocycles. The summed E-state index contributed by atoms with van der Waals surface area (Å²) in [6.45, 7) is 3.62. The molecule has 1 N–H and O–H groups in total. The molecule has 0 atom stereocenters. The Hall–Kier alpha value is -0.740. The molecule has 0 aromatic heterocycles. The van der Waals surface area contributed by atoms with Crippen LogP contribution >= 0.6 is 15.9 Å². The summed E-state index contributed by atoms with van der Waals surface area (Å²) >= 11 is 3.31. The van der Waals surface area contributed by atoms with Gasteiger partial charge in [0.15, 0.2) is 5.78 Å². The van der Waals surface area contributed by atoms with Crippen LogP contribution in [-0.4, -0.2) is 18.4 Å². The third-order valence-corrected chi connectivity index (χ3v) is 3.45. The first-order valence-electron chi connectivity index (χ1n) is 5.03. The number of carbonyl (C=O) groups excluding carboxylic acids is 1. The zero-order chi connectivity index (χ0) is 12.3. The fourth-order valence-electron chi connectivity index (χ4n) is 1.21. The minimum atomic E-state index is -0.592. The van der Waals surface area contributed by atoms with Gasteiger partial charge in [-0.25, -0.2) is 4.39 Å². The molecule has 2 nitrogen and oxygen atoms in total. The molecule has 1 rings (SSSR count). The van der Waals surface area contributed by atoms with E-state index in [0.717, 1.165) is 4.47 Å². The lowest BCUT2D eigenvalue weighted by molar-refractivity contribution is -0.123. The van der Waals surface area contributed by atoms with E-state index in [1.807, 2.05) is 13.8 Å². The van der Waals surface area contributed by atoms with Crippen molar-refractivity contribution < 1.29 is 9.18 Å². The van der Waals surface area contributed by atoms with Gasteiger partial charge in [-0.15, -0.1) is 0 Å². The number of carbonyl (C=O) groups is 1. The van der Waals surface area contributed by atoms with Crippen molar-refractivity contribution in [2.45, 2.75) is 25.8 Å². The smallest absolute Gasteiger partial charge is 0.156 e. The Labute approximate surface area is 103 Å². The molecular weight excluding hydrogens is 273 g/mol. The van der Waals surface area contributed by atoms with Crippen molar-refractivity contribution in [3.8, 4) is 0 Å². The number of halogens is 2. The van der Waals surface area contributed by atoms with Gasteiger partial charge in [-0.1, -0.05) is 15.9 Å². The Kier molecular flexibility index (Phi) is 4.21. The number of benzene rings is 1. The quantitative estimate of drug-likeness (QED) is 0.923. The van der Waals surface area contributed by atoms with Crippen LogP contribution in [0.4, 0.5) is 4.39 Å². The predicted molar refractivity (Wildman–Crippen MR) is 65.9 cm³/mol. The molecule has 0 aliphatic heterocycles. The van der Waals surface area contributed by atoms with Crippen LogP contribution in [0, 0.1) is 5.82 Å². The topological polar surface area (TPSA) is 29.1 Å². The Morgan fingerprint density at radius 1 is 1.50 bits per heavy atom. The summed E-state index contributed by atoms with van der Waals surface area (Å²) < 4.78 is 13.8. The molecule has 0 radical (unpaired) electrons. The van der Waals surface area contributed by atoms with Crippen molar-refractivity contribution in [2.24, 2.45) is 0 Å². The largest absolute Gasteiger partial charge is 0.308 e. The lowest BCUT2D eigenvalue weighted by Crippen LogP contribution is -2.45. The Morgan fingerprint density at radius 2 is 2.12 bits per heavy atom. The van der Waals surface area contributed by atoms with Crippen molar-refractivity contribution >= 4 is 21.7 Å². The van der Waals surface area contributed by atoms with Crippen LogP contribution in [0.15, 0.2) is 22.7 Å². The van der Waals surface area contributed by atoms with Crippen LogP contribution in [0.5, 0.6) is 0 Å². The SMILES string of the molecule is CNC(C)(C)C(=O)Cc1cc(F)ccc1Br. The summed E-state index contributed by atoms with van der Waals surface area (Å²) in [7, 11) is 1.73. The van der Waals surface area contributed by atoms with Gasteiger partial charge in [0.25, 0.3) is 0 Å². The second-order valence-electron chi connectivity index (χ2n) is 4.21. The number of hydrogen-bond acceptors (Lipinski definition) is 2. The zero-order valence-electron chi connectivity index (χ0n) is 9.60. The first-order chi connectivity index (χ1) is 7.36. The third-order valence-electron chi connectivity index (χ3n) is 2.68. The van der Waals surface area contributed by atoms with E-state index in [1.54, 1.807) is 13.1 Å². The number of likely N-dealkylation sites (N-methyl/N-ethyl adjacent to an activating group) is 1. The van der Waals surface area contributed by atoms with Crippen LogP contribution < -0.4 is 5.32 Å². The fraction of sp³-hybridized carbons (Fsp3) is 0.417. The second-order valence-corrected chi connectivity index (χ2v) is 5.07. The van der Waals surface area contributed by atoms with Gasteiger partial charge in [0.1, 0.15) is 5.82 Å². The minimum Gasteiger partial charge on any atom is -0.308 e. The monoisotopic (exact) mass is 287 g/mol. The van der Waals surface area contributed by atoms with Gasteiger partial charge in [-0.2, -0.15) is 0 Å². The summed E-state index contributed by atoms with van der Waals surface area (Å²) in [4.78, 5) is 11.9. The average Bonchev–Trinajstić information content (AvgIpc) is 2.23. The summed E-state index contributed by atoms with van der Waals surface area (Å²) in [5, 5.41) is 2.94. The molecule has 88 valence electrons. The normalized spacial score (nSPS) is 11.6. The van der Waals surface area contributed by atoms with Gasteiger partial charge in [0.2, 0.25) is 0 Å². The number of Topliss-reactive ketones (excluding diaryl/α,β-unsaturated/α-hetero) is 1. The van der Waals surface area contributed by atoms with Crippen molar-refractivity contribution in [2.75, 3.05) is 7.05 Å². The Bertz CT molecular complexity index is 404. The van der Waals surface area contributed by atoms with Crippen molar-refractivity contribution in [1.82, 2.24) is 5.32 Å². The van der Waals surface area contributed by atoms with E-state index in [9.17, 15) is 9.18 Å². The maximum atomic E-state index is 13.0. The Morgan fingerprint density at radius 3 is 2.69 bits per heavy atom. The van der Waals surface area contributed by atoms with Crippen molar-refractivity contribution in [1.29, 1.82) is 0 Å². The van der Waals surface area contributed by atoms with Gasteiger partial charge in [0, 0.05) is 10.9 Å². The van der Waals surface area contributed by atoms with Crippen LogP contribution in [-0.2, 0) is 11.2 Å². The number of rotatable bonds is 4. The average molecular weight is 288 g/mol. The molecule has 0 fully saturated rings. The van der Waals surface area contributed by atoms with E-state index < -0.39 is 5.54 Å². The summed E-state index contributed by atoms with van der Waals surface area (Å²) in [5.74, 6) is -0.297. The maximum absolute atomic E-state index is 13.0. The zero-order valence-corrected chi connectivity index (χ0v) is 11.2. The van der Waals surface area contributed by atoms with Crippen LogP contribution in [0.2, 0.25) is 0 Å². The van der Waals surface area contributed by atoms with E-state index in [-0.39, 0.29) is 18.0 Å². The highest BCUT2D eigenvalue weighted by Crippen LogP contribution is 2.20. The minimum absolute atomic E-state index is 0.0290. The molecular formula is C12H15BrFNO. The van der Waals surface area contributed by atoms with Gasteiger partial charge >= 0.3 is 0 Å². The molecule has 0 spiro atoms. The van der Waals surface area contributed by atoms with Crippen LogP contribution in [0.25, 0.3) is 0 Å². The number of nitrogens with one attached hydrogen (secondary N) is 1. The van der Waals surface area contributed by atoms with Crippen LogP contribution in [0.3, 0.4) is 0 Å². The maximum Gasteiger partial charge on any atom is 0.156 e. The van der Waals surface area contributed by atoms with E-state index in [4.69, 9.17) is 0 Å². The molecule has 0 amide bonds. The molecule has 0 heterocycles. The fourth-order valence-corrected chi connectivity index (χ4v) is 1.60. The molecule has 0 bridgehead atoms. The van der Waals surface area contributed by atoms with Crippen molar-refractivity contribution in [3.05, 3.63) is 34.1 Å². The first kappa shape index (κ1) is 13.3. The summed E-state index contributed by atoms with van der Waals surface area (Å²) in [6, 6.07) is 4.36. The van der Waals surface area contributed by atoms with Gasteiger partial charge in [-0.05, 0) is 44.7 Å². The summed E-state index contributed by atoms with van der Waals surface area (Å²) in [5.41, 5.74) is 0.0829. The van der Waals surface area contributed by atoms with Crippen molar-refractivity contribution in [3.63, 3.8) is 0 Å². The highest BCUT2D eigenvalue weighted by atomic mass is 79.9. The first-order valence-corrected chi connectivity index (χ1v) is 5.82. The summed E-state index contributed by atoms with van der Waals surface area (Å²) in [6.07, 6.45) is 0.214. The molecule has 16 heavy (non-hydrogen) atoms. The highest BCUT2D eigenvalue weighted by molar-refractivity contribution is 9.10. The van der Waals surface area contributed by atoms with E-state index >= 15 is 0 Å². The predicted octanol–water partition coefficient (Wildman–Crippen LogP) is 2.70.